The van der Waals surface area contributed by atoms with Crippen molar-refractivity contribution in [2.75, 3.05) is 35.8 Å². The van der Waals surface area contributed by atoms with E-state index >= 15 is 0 Å². The van der Waals surface area contributed by atoms with E-state index in [4.69, 9.17) is 0 Å². The fourth-order valence-electron chi connectivity index (χ4n) is 4.53. The second-order valence-corrected chi connectivity index (χ2v) is 11.0. The van der Waals surface area contributed by atoms with Gasteiger partial charge in [-0.05, 0) is 55.0 Å². The average Bonchev–Trinajstić information content (AvgIpc) is 2.96. The molecular formula is C28H27N5O5S. The first-order valence-electron chi connectivity index (χ1n) is 12.4. The number of amides is 1. The lowest BCUT2D eigenvalue weighted by Crippen LogP contribution is -2.48. The van der Waals surface area contributed by atoms with Crippen molar-refractivity contribution in [3.8, 4) is 0 Å². The monoisotopic (exact) mass is 545 g/mol. The van der Waals surface area contributed by atoms with Gasteiger partial charge in [0, 0.05) is 55.2 Å². The maximum atomic E-state index is 13.1. The number of hydrogen-bond acceptors (Lipinski definition) is 7. The van der Waals surface area contributed by atoms with Crippen LogP contribution in [0.1, 0.15) is 28.8 Å². The highest BCUT2D eigenvalue weighted by Crippen LogP contribution is 2.25. The van der Waals surface area contributed by atoms with Gasteiger partial charge in [0.05, 0.1) is 23.3 Å². The van der Waals surface area contributed by atoms with Crippen molar-refractivity contribution < 1.29 is 23.1 Å². The van der Waals surface area contributed by atoms with Crippen LogP contribution in [0.2, 0.25) is 0 Å². The number of anilines is 2. The van der Waals surface area contributed by atoms with E-state index in [2.05, 4.69) is 19.6 Å². The van der Waals surface area contributed by atoms with Gasteiger partial charge < -0.3 is 14.9 Å². The number of carbonyl (C=O) groups is 2. The molecule has 2 aromatic carbocycles. The minimum atomic E-state index is -3.89. The molecule has 10 nitrogen and oxygen atoms in total. The largest absolute Gasteiger partial charge is 0.481 e. The van der Waals surface area contributed by atoms with E-state index in [0.29, 0.717) is 48.5 Å². The Morgan fingerprint density at radius 2 is 1.69 bits per heavy atom. The number of benzene rings is 2. The maximum absolute atomic E-state index is 13.1. The minimum Gasteiger partial charge on any atom is -0.481 e. The first kappa shape index (κ1) is 26.1. The highest BCUT2D eigenvalue weighted by atomic mass is 32.2. The van der Waals surface area contributed by atoms with Gasteiger partial charge in [-0.15, -0.1) is 0 Å². The van der Waals surface area contributed by atoms with Gasteiger partial charge in [-0.2, -0.15) is 0 Å². The Kier molecular flexibility index (Phi) is 7.16. The molecular weight excluding hydrogens is 518 g/mol. The van der Waals surface area contributed by atoms with Gasteiger partial charge in [0.2, 0.25) is 0 Å². The summed E-state index contributed by atoms with van der Waals surface area (Å²) < 4.78 is 28.7. The number of rotatable bonds is 7. The quantitative estimate of drug-likeness (QED) is 0.360. The third kappa shape index (κ3) is 5.53. The van der Waals surface area contributed by atoms with Crippen molar-refractivity contribution in [2.45, 2.75) is 17.7 Å². The lowest BCUT2D eigenvalue weighted by Gasteiger charge is -2.36. The molecule has 0 spiro atoms. The summed E-state index contributed by atoms with van der Waals surface area (Å²) in [6.45, 7) is 3.75. The third-order valence-corrected chi connectivity index (χ3v) is 8.23. The van der Waals surface area contributed by atoms with E-state index in [1.807, 2.05) is 6.07 Å². The number of para-hydroxylation sites is 1. The molecule has 5 rings (SSSR count). The Bertz CT molecular complexity index is 1630. The zero-order valence-corrected chi connectivity index (χ0v) is 22.0. The Morgan fingerprint density at radius 1 is 0.974 bits per heavy atom. The molecule has 0 saturated carbocycles. The van der Waals surface area contributed by atoms with Gasteiger partial charge >= 0.3 is 5.97 Å². The predicted octanol–water partition coefficient (Wildman–Crippen LogP) is 3.58. The van der Waals surface area contributed by atoms with E-state index < -0.39 is 21.9 Å². The molecule has 3 heterocycles. The van der Waals surface area contributed by atoms with Gasteiger partial charge in [-0.1, -0.05) is 18.2 Å². The summed E-state index contributed by atoms with van der Waals surface area (Å²) in [6.07, 6.45) is 4.81. The van der Waals surface area contributed by atoms with Gasteiger partial charge in [0.1, 0.15) is 4.90 Å². The summed E-state index contributed by atoms with van der Waals surface area (Å²) in [5, 5.41) is 10.0. The highest BCUT2D eigenvalue weighted by Gasteiger charge is 2.24. The van der Waals surface area contributed by atoms with Crippen molar-refractivity contribution in [3.63, 3.8) is 0 Å². The molecule has 2 aromatic heterocycles. The predicted molar refractivity (Wildman–Crippen MR) is 147 cm³/mol. The number of hydrogen-bond donors (Lipinski definition) is 2. The molecule has 1 aliphatic rings. The molecule has 1 saturated heterocycles. The van der Waals surface area contributed by atoms with E-state index in [9.17, 15) is 23.1 Å². The number of piperazine rings is 1. The van der Waals surface area contributed by atoms with Crippen LogP contribution >= 0.6 is 0 Å². The van der Waals surface area contributed by atoms with Gasteiger partial charge in [-0.3, -0.25) is 24.3 Å². The molecule has 1 amide bonds. The van der Waals surface area contributed by atoms with E-state index in [1.165, 1.54) is 6.07 Å². The summed E-state index contributed by atoms with van der Waals surface area (Å²) in [4.78, 5) is 36.7. The summed E-state index contributed by atoms with van der Waals surface area (Å²) in [5.41, 5.74) is 2.64. The van der Waals surface area contributed by atoms with E-state index in [-0.39, 0.29) is 10.8 Å². The topological polar surface area (TPSA) is 133 Å². The van der Waals surface area contributed by atoms with Crippen LogP contribution in [0.4, 0.5) is 11.4 Å². The van der Waals surface area contributed by atoms with Gasteiger partial charge in [-0.25, -0.2) is 8.42 Å². The highest BCUT2D eigenvalue weighted by molar-refractivity contribution is 7.93. The Hall–Kier alpha value is -4.51. The van der Waals surface area contributed by atoms with Crippen LogP contribution in [-0.4, -0.2) is 66.4 Å². The Balaban J connectivity index is 1.23. The maximum Gasteiger partial charge on any atom is 0.310 e. The second kappa shape index (κ2) is 10.7. The standard InChI is InChI=1S/C28H27N5O5S/c1-19(28(35)36)22-16-24(18-29-17-22)32-12-14-33(15-13-32)27(34)21-7-9-23(10-8-21)31-39(37,38)25-6-2-4-20-5-3-11-30-26(20)25/h2-11,16-19,31H,12-15H2,1H3,(H,35,36). The lowest BCUT2D eigenvalue weighted by atomic mass is 10.0. The van der Waals surface area contributed by atoms with Crippen LogP contribution < -0.4 is 9.62 Å². The summed E-state index contributed by atoms with van der Waals surface area (Å²) >= 11 is 0. The molecule has 0 bridgehead atoms. The van der Waals surface area contributed by atoms with Crippen molar-refractivity contribution in [1.29, 1.82) is 0 Å². The number of aliphatic carboxylic acids is 1. The number of pyridine rings is 2. The number of sulfonamides is 1. The Labute approximate surface area is 226 Å². The van der Waals surface area contributed by atoms with Gasteiger partial charge in [0.25, 0.3) is 15.9 Å². The Morgan fingerprint density at radius 3 is 2.41 bits per heavy atom. The average molecular weight is 546 g/mol. The molecule has 4 aromatic rings. The van der Waals surface area contributed by atoms with E-state index in [0.717, 1.165) is 11.1 Å². The number of carboxylic acid groups (broad SMARTS) is 1. The molecule has 2 N–H and O–H groups in total. The van der Waals surface area contributed by atoms with Crippen molar-refractivity contribution >= 4 is 44.2 Å². The lowest BCUT2D eigenvalue weighted by molar-refractivity contribution is -0.138. The number of aromatic nitrogens is 2. The summed E-state index contributed by atoms with van der Waals surface area (Å²) in [7, 11) is -3.89. The number of nitrogens with one attached hydrogen (secondary N) is 1. The fraction of sp³-hybridized carbons (Fsp3) is 0.214. The van der Waals surface area contributed by atoms with Crippen molar-refractivity contribution in [2.24, 2.45) is 0 Å². The number of carboxylic acids is 1. The molecule has 0 radical (unpaired) electrons. The molecule has 1 fully saturated rings. The zero-order chi connectivity index (χ0) is 27.6. The molecule has 39 heavy (non-hydrogen) atoms. The fourth-order valence-corrected chi connectivity index (χ4v) is 5.77. The molecule has 1 atom stereocenters. The van der Waals surface area contributed by atoms with Crippen molar-refractivity contribution in [1.82, 2.24) is 14.9 Å². The summed E-state index contributed by atoms with van der Waals surface area (Å²) in [6, 6.07) is 16.7. The SMILES string of the molecule is CC(C(=O)O)c1cncc(N2CCN(C(=O)c3ccc(NS(=O)(=O)c4cccc5cccnc45)cc3)CC2)c1. The number of carbonyl (C=O) groups excluding carboxylic acids is 1. The van der Waals surface area contributed by atoms with Crippen LogP contribution in [0.25, 0.3) is 10.9 Å². The molecule has 1 unspecified atom stereocenters. The number of fused-ring (bicyclic) bond motifs is 1. The van der Waals surface area contributed by atoms with Crippen LogP contribution in [-0.2, 0) is 14.8 Å². The number of nitrogens with zero attached hydrogens (tertiary/aromatic N) is 4. The van der Waals surface area contributed by atoms with Crippen LogP contribution in [0.3, 0.4) is 0 Å². The van der Waals surface area contributed by atoms with Crippen LogP contribution in [0, 0.1) is 0 Å². The third-order valence-electron chi connectivity index (χ3n) is 6.82. The second-order valence-electron chi connectivity index (χ2n) is 9.33. The smallest absolute Gasteiger partial charge is 0.310 e. The molecule has 11 heteroatoms. The minimum absolute atomic E-state index is 0.0804. The van der Waals surface area contributed by atoms with Crippen molar-refractivity contribution in [3.05, 3.63) is 90.4 Å². The molecule has 200 valence electrons. The van der Waals surface area contributed by atoms with Crippen LogP contribution in [0.5, 0.6) is 0 Å². The summed E-state index contributed by atoms with van der Waals surface area (Å²) in [5.74, 6) is -1.71. The molecule has 0 aliphatic carbocycles. The van der Waals surface area contributed by atoms with E-state index in [1.54, 1.807) is 78.9 Å². The first-order valence-corrected chi connectivity index (χ1v) is 13.9. The van der Waals surface area contributed by atoms with Gasteiger partial charge in [0.15, 0.2) is 0 Å². The van der Waals surface area contributed by atoms with Crippen LogP contribution in [0.15, 0.2) is 84.1 Å². The first-order chi connectivity index (χ1) is 18.7. The zero-order valence-electron chi connectivity index (χ0n) is 21.2. The normalized spacial score (nSPS) is 14.7. The molecule has 1 aliphatic heterocycles.